The molecule has 3 aromatic rings. The molecule has 0 unspecified atom stereocenters. The summed E-state index contributed by atoms with van der Waals surface area (Å²) in [5.41, 5.74) is 1.42. The van der Waals surface area contributed by atoms with Crippen LogP contribution in [0.3, 0.4) is 0 Å². The van der Waals surface area contributed by atoms with Gasteiger partial charge in [0.15, 0.2) is 0 Å². The second-order valence-electron chi connectivity index (χ2n) is 4.98. The standard InChI is InChI=1S/C15H15N3O4S/c1-21-13-5-3-11(4-6-13)14-17-12(10-22-14)9-18-8-7-16-15(18)23(2,19)20/h3-8,10H,9H2,1-2H3. The van der Waals surface area contributed by atoms with E-state index in [4.69, 9.17) is 9.15 Å². The van der Waals surface area contributed by atoms with Crippen LogP contribution in [0, 0.1) is 0 Å². The Kier molecular flexibility index (Phi) is 3.91. The fourth-order valence-electron chi connectivity index (χ4n) is 2.16. The number of aromatic nitrogens is 3. The van der Waals surface area contributed by atoms with E-state index < -0.39 is 9.84 Å². The van der Waals surface area contributed by atoms with Gasteiger partial charge in [-0.25, -0.2) is 18.4 Å². The van der Waals surface area contributed by atoms with Crippen molar-refractivity contribution >= 4 is 9.84 Å². The van der Waals surface area contributed by atoms with Crippen molar-refractivity contribution in [2.75, 3.05) is 13.4 Å². The molecule has 0 atom stereocenters. The van der Waals surface area contributed by atoms with Crippen LogP contribution in [0.4, 0.5) is 0 Å². The fourth-order valence-corrected chi connectivity index (χ4v) is 2.97. The van der Waals surface area contributed by atoms with Crippen molar-refractivity contribution in [2.45, 2.75) is 11.7 Å². The van der Waals surface area contributed by atoms with Gasteiger partial charge in [0.25, 0.3) is 0 Å². The number of oxazole rings is 1. The molecule has 120 valence electrons. The van der Waals surface area contributed by atoms with Gasteiger partial charge in [-0.1, -0.05) is 0 Å². The molecular formula is C15H15N3O4S. The van der Waals surface area contributed by atoms with Crippen molar-refractivity contribution in [3.63, 3.8) is 0 Å². The molecule has 0 spiro atoms. The Hall–Kier alpha value is -2.61. The van der Waals surface area contributed by atoms with E-state index in [2.05, 4.69) is 9.97 Å². The lowest BCUT2D eigenvalue weighted by Crippen LogP contribution is -2.09. The summed E-state index contributed by atoms with van der Waals surface area (Å²) >= 11 is 0. The Balaban J connectivity index is 1.84. The van der Waals surface area contributed by atoms with Crippen molar-refractivity contribution in [1.82, 2.24) is 14.5 Å². The van der Waals surface area contributed by atoms with Gasteiger partial charge in [-0.15, -0.1) is 0 Å². The molecule has 0 saturated carbocycles. The second kappa shape index (κ2) is 5.88. The molecule has 0 amide bonds. The molecular weight excluding hydrogens is 318 g/mol. The van der Waals surface area contributed by atoms with Gasteiger partial charge >= 0.3 is 0 Å². The molecule has 1 aromatic carbocycles. The first-order chi connectivity index (χ1) is 11.0. The zero-order valence-corrected chi connectivity index (χ0v) is 13.4. The van der Waals surface area contributed by atoms with Crippen LogP contribution in [0.1, 0.15) is 5.69 Å². The number of hydrogen-bond donors (Lipinski definition) is 0. The summed E-state index contributed by atoms with van der Waals surface area (Å²) < 4.78 is 35.4. The zero-order chi connectivity index (χ0) is 16.4. The van der Waals surface area contributed by atoms with Crippen molar-refractivity contribution < 1.29 is 17.6 Å². The number of imidazole rings is 1. The Bertz CT molecular complexity index is 910. The average Bonchev–Trinajstić information content (AvgIpc) is 3.17. The topological polar surface area (TPSA) is 87.2 Å². The van der Waals surface area contributed by atoms with Crippen LogP contribution in [0.15, 0.2) is 52.5 Å². The third kappa shape index (κ3) is 3.26. The van der Waals surface area contributed by atoms with Crippen LogP contribution >= 0.6 is 0 Å². The van der Waals surface area contributed by atoms with E-state index in [-0.39, 0.29) is 11.7 Å². The number of ether oxygens (including phenoxy) is 1. The number of nitrogens with zero attached hydrogens (tertiary/aromatic N) is 3. The molecule has 23 heavy (non-hydrogen) atoms. The van der Waals surface area contributed by atoms with Crippen molar-refractivity contribution in [2.24, 2.45) is 0 Å². The largest absolute Gasteiger partial charge is 0.497 e. The number of rotatable bonds is 5. The van der Waals surface area contributed by atoms with Gasteiger partial charge in [-0.05, 0) is 24.3 Å². The summed E-state index contributed by atoms with van der Waals surface area (Å²) in [5.74, 6) is 1.21. The summed E-state index contributed by atoms with van der Waals surface area (Å²) in [5, 5.41) is 0.00602. The molecule has 0 bridgehead atoms. The summed E-state index contributed by atoms with van der Waals surface area (Å²) in [6.45, 7) is 0.266. The van der Waals surface area contributed by atoms with Gasteiger partial charge in [-0.3, -0.25) is 0 Å². The van der Waals surface area contributed by atoms with Crippen molar-refractivity contribution in [1.29, 1.82) is 0 Å². The number of benzene rings is 1. The normalized spacial score (nSPS) is 11.6. The highest BCUT2D eigenvalue weighted by Gasteiger charge is 2.16. The predicted octanol–water partition coefficient (Wildman–Crippen LogP) is 2.00. The lowest BCUT2D eigenvalue weighted by atomic mass is 10.2. The van der Waals surface area contributed by atoms with Crippen LogP contribution in [-0.4, -0.2) is 36.3 Å². The second-order valence-corrected chi connectivity index (χ2v) is 6.89. The molecule has 0 fully saturated rings. The van der Waals surface area contributed by atoms with Crippen molar-refractivity contribution in [3.05, 3.63) is 48.6 Å². The first kappa shape index (κ1) is 15.3. The number of hydrogen-bond acceptors (Lipinski definition) is 6. The van der Waals surface area contributed by atoms with Crippen LogP contribution in [0.25, 0.3) is 11.5 Å². The van der Waals surface area contributed by atoms with E-state index in [0.29, 0.717) is 11.6 Å². The van der Waals surface area contributed by atoms with Crippen molar-refractivity contribution in [3.8, 4) is 17.2 Å². The van der Waals surface area contributed by atoms with E-state index in [1.165, 1.54) is 17.0 Å². The highest BCUT2D eigenvalue weighted by Crippen LogP contribution is 2.22. The molecule has 3 rings (SSSR count). The highest BCUT2D eigenvalue weighted by atomic mass is 32.2. The van der Waals surface area contributed by atoms with E-state index in [1.54, 1.807) is 13.3 Å². The molecule has 7 nitrogen and oxygen atoms in total. The van der Waals surface area contributed by atoms with Gasteiger partial charge < -0.3 is 13.7 Å². The lowest BCUT2D eigenvalue weighted by Gasteiger charge is -2.03. The van der Waals surface area contributed by atoms with Gasteiger partial charge in [-0.2, -0.15) is 0 Å². The minimum absolute atomic E-state index is 0.00602. The van der Waals surface area contributed by atoms with Crippen LogP contribution in [-0.2, 0) is 16.4 Å². The van der Waals surface area contributed by atoms with E-state index in [0.717, 1.165) is 17.6 Å². The molecule has 8 heteroatoms. The SMILES string of the molecule is COc1ccc(-c2nc(Cn3ccnc3S(C)(=O)=O)co2)cc1. The van der Waals surface area contributed by atoms with Gasteiger partial charge in [0.05, 0.1) is 19.3 Å². The molecule has 0 aliphatic heterocycles. The van der Waals surface area contributed by atoms with Gasteiger partial charge in [0, 0.05) is 24.2 Å². The monoisotopic (exact) mass is 333 g/mol. The highest BCUT2D eigenvalue weighted by molar-refractivity contribution is 7.90. The Morgan fingerprint density at radius 3 is 2.65 bits per heavy atom. The molecule has 0 radical (unpaired) electrons. The molecule has 0 aliphatic carbocycles. The number of methoxy groups -OCH3 is 1. The van der Waals surface area contributed by atoms with Gasteiger partial charge in [0.2, 0.25) is 20.9 Å². The van der Waals surface area contributed by atoms with Crippen LogP contribution in [0.5, 0.6) is 5.75 Å². The van der Waals surface area contributed by atoms with E-state index >= 15 is 0 Å². The molecule has 0 aliphatic rings. The van der Waals surface area contributed by atoms with Gasteiger partial charge in [0.1, 0.15) is 12.0 Å². The summed E-state index contributed by atoms with van der Waals surface area (Å²) in [7, 11) is -1.78. The molecule has 0 N–H and O–H groups in total. The molecule has 0 saturated heterocycles. The zero-order valence-electron chi connectivity index (χ0n) is 12.6. The van der Waals surface area contributed by atoms with Crippen LogP contribution < -0.4 is 4.74 Å². The smallest absolute Gasteiger partial charge is 0.227 e. The minimum Gasteiger partial charge on any atom is -0.497 e. The van der Waals surface area contributed by atoms with Crippen LogP contribution in [0.2, 0.25) is 0 Å². The fraction of sp³-hybridized carbons (Fsp3) is 0.200. The summed E-state index contributed by atoms with van der Waals surface area (Å²) in [4.78, 5) is 8.25. The summed E-state index contributed by atoms with van der Waals surface area (Å²) in [6.07, 6.45) is 5.67. The Morgan fingerprint density at radius 1 is 1.26 bits per heavy atom. The van der Waals surface area contributed by atoms with E-state index in [1.807, 2.05) is 24.3 Å². The first-order valence-corrected chi connectivity index (χ1v) is 8.66. The average molecular weight is 333 g/mol. The summed E-state index contributed by atoms with van der Waals surface area (Å²) in [6, 6.07) is 7.31. The quantitative estimate of drug-likeness (QED) is 0.710. The molecule has 2 heterocycles. The predicted molar refractivity (Wildman–Crippen MR) is 82.9 cm³/mol. The minimum atomic E-state index is -3.38. The Morgan fingerprint density at radius 2 is 2.00 bits per heavy atom. The maximum atomic E-state index is 11.7. The molecule has 2 aromatic heterocycles. The third-order valence-electron chi connectivity index (χ3n) is 3.23. The maximum Gasteiger partial charge on any atom is 0.227 e. The number of sulfone groups is 1. The van der Waals surface area contributed by atoms with E-state index in [9.17, 15) is 8.42 Å². The lowest BCUT2D eigenvalue weighted by molar-refractivity contribution is 0.415. The Labute approximate surface area is 133 Å². The third-order valence-corrected chi connectivity index (χ3v) is 4.23. The first-order valence-electron chi connectivity index (χ1n) is 6.77. The maximum absolute atomic E-state index is 11.7.